The van der Waals surface area contributed by atoms with Crippen LogP contribution in [0.3, 0.4) is 0 Å². The van der Waals surface area contributed by atoms with Crippen molar-refractivity contribution in [3.63, 3.8) is 0 Å². The highest BCUT2D eigenvalue weighted by Crippen LogP contribution is 2.31. The van der Waals surface area contributed by atoms with Crippen molar-refractivity contribution in [1.29, 1.82) is 5.26 Å². The van der Waals surface area contributed by atoms with E-state index < -0.39 is 5.97 Å². The van der Waals surface area contributed by atoms with Gasteiger partial charge in [-0.05, 0) is 76.1 Å². The van der Waals surface area contributed by atoms with Gasteiger partial charge in [-0.15, -0.1) is 0 Å². The molecule has 0 atom stereocenters. The van der Waals surface area contributed by atoms with Gasteiger partial charge in [0.1, 0.15) is 18.1 Å². The van der Waals surface area contributed by atoms with E-state index in [1.807, 2.05) is 36.4 Å². The van der Waals surface area contributed by atoms with Crippen LogP contribution in [0.25, 0.3) is 11.8 Å². The SMILES string of the molecule is N#Cc1ccccc1COc1ccc(/C=C2\C=C(c3ccc(Cl)cc3)OC2=O)cc1Br. The molecule has 0 spiro atoms. The van der Waals surface area contributed by atoms with Gasteiger partial charge in [-0.3, -0.25) is 0 Å². The van der Waals surface area contributed by atoms with E-state index >= 15 is 0 Å². The van der Waals surface area contributed by atoms with Crippen molar-refractivity contribution in [2.45, 2.75) is 6.61 Å². The van der Waals surface area contributed by atoms with E-state index in [0.29, 0.717) is 27.7 Å². The molecule has 0 N–H and O–H groups in total. The van der Waals surface area contributed by atoms with Crippen LogP contribution in [0.1, 0.15) is 22.3 Å². The molecule has 0 aliphatic carbocycles. The molecule has 1 aliphatic heterocycles. The molecule has 0 fully saturated rings. The van der Waals surface area contributed by atoms with Gasteiger partial charge in [0.2, 0.25) is 0 Å². The van der Waals surface area contributed by atoms with Crippen LogP contribution in [0.15, 0.2) is 82.9 Å². The van der Waals surface area contributed by atoms with E-state index in [9.17, 15) is 10.1 Å². The molecular weight excluding hydrogens is 478 g/mol. The lowest BCUT2D eigenvalue weighted by Crippen LogP contribution is -1.99. The van der Waals surface area contributed by atoms with Gasteiger partial charge in [0.25, 0.3) is 0 Å². The molecule has 3 aromatic carbocycles. The topological polar surface area (TPSA) is 59.3 Å². The van der Waals surface area contributed by atoms with Crippen molar-refractivity contribution in [3.05, 3.63) is 110 Å². The van der Waals surface area contributed by atoms with E-state index in [2.05, 4.69) is 22.0 Å². The Morgan fingerprint density at radius 2 is 1.87 bits per heavy atom. The summed E-state index contributed by atoms with van der Waals surface area (Å²) in [6.45, 7) is 0.280. The number of cyclic esters (lactones) is 1. The Morgan fingerprint density at radius 3 is 2.61 bits per heavy atom. The van der Waals surface area contributed by atoms with Crippen molar-refractivity contribution in [2.24, 2.45) is 0 Å². The lowest BCUT2D eigenvalue weighted by Gasteiger charge is -2.10. The van der Waals surface area contributed by atoms with E-state index in [4.69, 9.17) is 21.1 Å². The quantitative estimate of drug-likeness (QED) is 0.300. The zero-order valence-electron chi connectivity index (χ0n) is 16.1. The molecule has 1 heterocycles. The first kappa shape index (κ1) is 20.9. The molecule has 0 radical (unpaired) electrons. The number of halogens is 2. The minimum absolute atomic E-state index is 0.280. The van der Waals surface area contributed by atoms with Gasteiger partial charge < -0.3 is 9.47 Å². The predicted octanol–water partition coefficient (Wildman–Crippen LogP) is 6.53. The summed E-state index contributed by atoms with van der Waals surface area (Å²) in [5, 5.41) is 9.82. The molecule has 0 saturated heterocycles. The maximum Gasteiger partial charge on any atom is 0.343 e. The number of nitriles is 1. The second kappa shape index (κ2) is 9.22. The van der Waals surface area contributed by atoms with Crippen LogP contribution in [0.2, 0.25) is 5.02 Å². The minimum atomic E-state index is -0.408. The van der Waals surface area contributed by atoms with Gasteiger partial charge in [-0.1, -0.05) is 35.9 Å². The maximum atomic E-state index is 12.3. The lowest BCUT2D eigenvalue weighted by molar-refractivity contribution is -0.130. The molecule has 152 valence electrons. The lowest BCUT2D eigenvalue weighted by atomic mass is 10.1. The number of carbonyl (C=O) groups excluding carboxylic acids is 1. The number of ether oxygens (including phenoxy) is 2. The summed E-state index contributed by atoms with van der Waals surface area (Å²) in [5.41, 5.74) is 3.45. The largest absolute Gasteiger partial charge is 0.488 e. The summed E-state index contributed by atoms with van der Waals surface area (Å²) >= 11 is 9.43. The maximum absolute atomic E-state index is 12.3. The second-order valence-corrected chi connectivity index (χ2v) is 8.04. The van der Waals surface area contributed by atoms with E-state index in [1.165, 1.54) is 0 Å². The van der Waals surface area contributed by atoms with E-state index in [1.54, 1.807) is 42.5 Å². The average Bonchev–Trinajstić information content (AvgIpc) is 3.14. The van der Waals surface area contributed by atoms with Crippen molar-refractivity contribution in [1.82, 2.24) is 0 Å². The van der Waals surface area contributed by atoms with Gasteiger partial charge in [0.15, 0.2) is 0 Å². The number of nitrogens with zero attached hydrogens (tertiary/aromatic N) is 1. The number of rotatable bonds is 5. The van der Waals surface area contributed by atoms with Crippen LogP contribution in [-0.4, -0.2) is 5.97 Å². The number of esters is 1. The molecule has 4 rings (SSSR count). The highest BCUT2D eigenvalue weighted by atomic mass is 79.9. The smallest absolute Gasteiger partial charge is 0.343 e. The van der Waals surface area contributed by atoms with Crippen LogP contribution in [0.5, 0.6) is 5.75 Å². The monoisotopic (exact) mass is 491 g/mol. The molecule has 3 aromatic rings. The first-order chi connectivity index (χ1) is 15.0. The third kappa shape index (κ3) is 4.88. The molecule has 0 amide bonds. The molecule has 6 heteroatoms. The Morgan fingerprint density at radius 1 is 1.10 bits per heavy atom. The molecule has 0 bridgehead atoms. The van der Waals surface area contributed by atoms with Crippen LogP contribution >= 0.6 is 27.5 Å². The molecule has 1 aliphatic rings. The zero-order chi connectivity index (χ0) is 21.8. The first-order valence-corrected chi connectivity index (χ1v) is 10.5. The number of benzene rings is 3. The van der Waals surface area contributed by atoms with E-state index in [0.717, 1.165) is 21.2 Å². The minimum Gasteiger partial charge on any atom is -0.488 e. The number of hydrogen-bond donors (Lipinski definition) is 0. The van der Waals surface area contributed by atoms with Crippen LogP contribution in [0, 0.1) is 11.3 Å². The van der Waals surface area contributed by atoms with Crippen LogP contribution in [-0.2, 0) is 16.1 Å². The first-order valence-electron chi connectivity index (χ1n) is 9.35. The van der Waals surface area contributed by atoms with Gasteiger partial charge in [0, 0.05) is 16.1 Å². The Bertz CT molecular complexity index is 1260. The van der Waals surface area contributed by atoms with Gasteiger partial charge in [-0.25, -0.2) is 4.79 Å². The van der Waals surface area contributed by atoms with Gasteiger partial charge >= 0.3 is 5.97 Å². The Hall–Kier alpha value is -3.33. The third-order valence-corrected chi connectivity index (χ3v) is 5.52. The molecule has 31 heavy (non-hydrogen) atoms. The fourth-order valence-electron chi connectivity index (χ4n) is 3.06. The summed E-state index contributed by atoms with van der Waals surface area (Å²) in [4.78, 5) is 12.3. The summed E-state index contributed by atoms with van der Waals surface area (Å²) in [7, 11) is 0. The average molecular weight is 493 g/mol. The fourth-order valence-corrected chi connectivity index (χ4v) is 3.70. The predicted molar refractivity (Wildman–Crippen MR) is 123 cm³/mol. The summed E-state index contributed by atoms with van der Waals surface area (Å²) < 4.78 is 12.0. The number of hydrogen-bond acceptors (Lipinski definition) is 4. The van der Waals surface area contributed by atoms with Gasteiger partial charge in [-0.2, -0.15) is 5.26 Å². The molecule has 0 saturated carbocycles. The molecule has 0 aromatic heterocycles. The van der Waals surface area contributed by atoms with Crippen LogP contribution in [0.4, 0.5) is 0 Å². The van der Waals surface area contributed by atoms with Gasteiger partial charge in [0.05, 0.1) is 21.7 Å². The van der Waals surface area contributed by atoms with Crippen LogP contribution < -0.4 is 4.74 Å². The highest BCUT2D eigenvalue weighted by molar-refractivity contribution is 9.10. The summed E-state index contributed by atoms with van der Waals surface area (Å²) in [6, 6.07) is 22.1. The molecule has 0 unspecified atom stereocenters. The molecule has 4 nitrogen and oxygen atoms in total. The summed E-state index contributed by atoms with van der Waals surface area (Å²) in [6.07, 6.45) is 3.47. The van der Waals surface area contributed by atoms with E-state index in [-0.39, 0.29) is 6.61 Å². The van der Waals surface area contributed by atoms with Crippen molar-refractivity contribution < 1.29 is 14.3 Å². The Balaban J connectivity index is 1.51. The van der Waals surface area contributed by atoms with Crippen molar-refractivity contribution in [3.8, 4) is 11.8 Å². The Kier molecular flexibility index (Phi) is 6.22. The fraction of sp³-hybridized carbons (Fsp3) is 0.0400. The standard InChI is InChI=1S/C25H15BrClNO3/c26-22-12-16(5-10-23(22)30-15-19-4-2-1-3-18(19)14-28)11-20-13-24(31-25(20)29)17-6-8-21(27)9-7-17/h1-13H,15H2/b20-11+. The van der Waals surface area contributed by atoms with Crippen molar-refractivity contribution in [2.75, 3.05) is 0 Å². The van der Waals surface area contributed by atoms with Crippen molar-refractivity contribution >= 4 is 45.3 Å². The summed E-state index contributed by atoms with van der Waals surface area (Å²) in [5.74, 6) is 0.721. The third-order valence-electron chi connectivity index (χ3n) is 4.65. The second-order valence-electron chi connectivity index (χ2n) is 6.75. The molecular formula is C25H15BrClNO3. The zero-order valence-corrected chi connectivity index (χ0v) is 18.5. The number of carbonyl (C=O) groups is 1. The normalized spacial score (nSPS) is 14.2. The Labute approximate surface area is 193 Å². The highest BCUT2D eigenvalue weighted by Gasteiger charge is 2.22.